The monoisotopic (exact) mass is 493 g/mol. The number of carbonyl (C=O) groups excluding carboxylic acids is 1. The third kappa shape index (κ3) is 5.00. The molecular formula is C25H31N7O4. The van der Waals surface area contributed by atoms with Gasteiger partial charge in [-0.25, -0.2) is 15.0 Å². The number of nitrogens with one attached hydrogen (secondary N) is 1. The molecule has 0 saturated carbocycles. The first-order chi connectivity index (χ1) is 17.4. The van der Waals surface area contributed by atoms with Crippen LogP contribution in [0.15, 0.2) is 41.5 Å². The third-order valence-electron chi connectivity index (χ3n) is 6.73. The molecule has 1 amide bonds. The maximum absolute atomic E-state index is 13.5. The highest BCUT2D eigenvalue weighted by molar-refractivity contribution is 5.81. The molecule has 0 radical (unpaired) electrons. The summed E-state index contributed by atoms with van der Waals surface area (Å²) in [6.07, 6.45) is 4.49. The van der Waals surface area contributed by atoms with Crippen LogP contribution in [0.2, 0.25) is 0 Å². The van der Waals surface area contributed by atoms with E-state index in [2.05, 4.69) is 25.2 Å². The zero-order chi connectivity index (χ0) is 25.8. The molecule has 5 rings (SSSR count). The predicted molar refractivity (Wildman–Crippen MR) is 133 cm³/mol. The quantitative estimate of drug-likeness (QED) is 0.512. The Bertz CT molecular complexity index is 1280. The van der Waals surface area contributed by atoms with Crippen molar-refractivity contribution in [3.63, 3.8) is 0 Å². The highest BCUT2D eigenvalue weighted by atomic mass is 16.3. The summed E-state index contributed by atoms with van der Waals surface area (Å²) in [7, 11) is 0. The van der Waals surface area contributed by atoms with Crippen LogP contribution in [-0.2, 0) is 22.7 Å². The lowest BCUT2D eigenvalue weighted by Crippen LogP contribution is -2.53. The number of rotatable bonds is 5. The summed E-state index contributed by atoms with van der Waals surface area (Å²) in [6, 6.07) is 6.68. The van der Waals surface area contributed by atoms with Gasteiger partial charge in [0.2, 0.25) is 11.9 Å². The number of piperidine rings is 1. The molecule has 11 nitrogen and oxygen atoms in total. The Morgan fingerprint density at radius 3 is 2.64 bits per heavy atom. The molecule has 2 N–H and O–H groups in total. The second-order valence-electron chi connectivity index (χ2n) is 9.10. The Labute approximate surface area is 208 Å². The van der Waals surface area contributed by atoms with Gasteiger partial charge in [0.05, 0.1) is 6.54 Å². The smallest absolute Gasteiger partial charge is 0.290 e. The topological polar surface area (TPSA) is 135 Å². The average molecular weight is 494 g/mol. The van der Waals surface area contributed by atoms with Gasteiger partial charge in [0, 0.05) is 67.0 Å². The van der Waals surface area contributed by atoms with Crippen LogP contribution in [0.4, 0.5) is 5.95 Å². The van der Waals surface area contributed by atoms with Crippen LogP contribution in [0, 0.1) is 19.8 Å². The Kier molecular flexibility index (Phi) is 7.47. The van der Waals surface area contributed by atoms with Crippen molar-refractivity contribution in [2.75, 3.05) is 18.0 Å². The number of pyridine rings is 1. The van der Waals surface area contributed by atoms with Gasteiger partial charge in [-0.2, -0.15) is 0 Å². The van der Waals surface area contributed by atoms with Crippen LogP contribution in [-0.4, -0.2) is 54.7 Å². The van der Waals surface area contributed by atoms with Crippen molar-refractivity contribution in [2.45, 2.75) is 52.2 Å². The van der Waals surface area contributed by atoms with E-state index < -0.39 is 6.04 Å². The summed E-state index contributed by atoms with van der Waals surface area (Å²) in [5.74, 6) is 1.46. The van der Waals surface area contributed by atoms with E-state index in [0.29, 0.717) is 19.0 Å². The number of carboxylic acid groups (broad SMARTS) is 1. The highest BCUT2D eigenvalue weighted by Crippen LogP contribution is 2.42. The normalized spacial score (nSPS) is 20.1. The summed E-state index contributed by atoms with van der Waals surface area (Å²) < 4.78 is 3.71. The Morgan fingerprint density at radius 2 is 1.94 bits per heavy atom. The number of carbonyl (C=O) groups is 2. The van der Waals surface area contributed by atoms with E-state index in [1.54, 1.807) is 22.9 Å². The fourth-order valence-corrected chi connectivity index (χ4v) is 5.35. The molecule has 1 saturated heterocycles. The molecule has 2 aliphatic rings. The van der Waals surface area contributed by atoms with Gasteiger partial charge < -0.3 is 19.9 Å². The van der Waals surface area contributed by atoms with E-state index in [9.17, 15) is 9.59 Å². The predicted octanol–water partition coefficient (Wildman–Crippen LogP) is 1.65. The van der Waals surface area contributed by atoms with Crippen molar-refractivity contribution in [3.05, 3.63) is 69.9 Å². The molecule has 5 heterocycles. The van der Waals surface area contributed by atoms with Gasteiger partial charge in [-0.1, -0.05) is 6.07 Å². The van der Waals surface area contributed by atoms with Gasteiger partial charge in [0.25, 0.3) is 12.0 Å². The second kappa shape index (κ2) is 10.7. The fraction of sp³-hybridized carbons (Fsp3) is 0.440. The first-order valence-corrected chi connectivity index (χ1v) is 12.0. The minimum Gasteiger partial charge on any atom is -0.483 e. The summed E-state index contributed by atoms with van der Waals surface area (Å²) in [5.41, 5.74) is 2.62. The zero-order valence-electron chi connectivity index (χ0n) is 20.7. The van der Waals surface area contributed by atoms with E-state index in [1.807, 2.05) is 43.7 Å². The summed E-state index contributed by atoms with van der Waals surface area (Å²) in [6.45, 7) is 8.19. The molecule has 0 spiro atoms. The molecule has 3 atom stereocenters. The zero-order valence-corrected chi connectivity index (χ0v) is 20.7. The van der Waals surface area contributed by atoms with E-state index in [-0.39, 0.29) is 29.8 Å². The molecule has 36 heavy (non-hydrogen) atoms. The third-order valence-corrected chi connectivity index (χ3v) is 6.73. The lowest BCUT2D eigenvalue weighted by molar-refractivity contribution is -0.127. The molecule has 11 heteroatoms. The molecule has 190 valence electrons. The molecule has 2 bridgehead atoms. The van der Waals surface area contributed by atoms with Crippen LogP contribution in [0.3, 0.4) is 0 Å². The summed E-state index contributed by atoms with van der Waals surface area (Å²) in [4.78, 5) is 50.6. The number of hydrogen-bond donors (Lipinski definition) is 2. The van der Waals surface area contributed by atoms with Crippen LogP contribution in [0.5, 0.6) is 0 Å². The van der Waals surface area contributed by atoms with Crippen molar-refractivity contribution < 1.29 is 14.7 Å². The first-order valence-electron chi connectivity index (χ1n) is 12.0. The second-order valence-corrected chi connectivity index (χ2v) is 9.10. The fourth-order valence-electron chi connectivity index (χ4n) is 5.35. The van der Waals surface area contributed by atoms with Gasteiger partial charge in [0.15, 0.2) is 0 Å². The van der Waals surface area contributed by atoms with Gasteiger partial charge >= 0.3 is 0 Å². The van der Waals surface area contributed by atoms with Gasteiger partial charge in [-0.3, -0.25) is 19.0 Å². The van der Waals surface area contributed by atoms with Crippen LogP contribution in [0.25, 0.3) is 0 Å². The van der Waals surface area contributed by atoms with E-state index in [0.717, 1.165) is 42.4 Å². The standard InChI is InChI=1S/C24H29N7O2.CH2O2/c1-4-29-9-8-25-20(29)12-26-23(33)22-18-11-17(19-6-5-7-21(32)31(19)22)13-30(14-18)24-27-15(2)10-16(3)28-24;2-1-3/h5-10,17-18,22H,4,11-14H2,1-3H3,(H,26,33);1H,(H,2,3)/t17-,18+,22-;/m1./s1. The van der Waals surface area contributed by atoms with Crippen molar-refractivity contribution in [1.29, 1.82) is 0 Å². The summed E-state index contributed by atoms with van der Waals surface area (Å²) in [5, 5.41) is 9.93. The summed E-state index contributed by atoms with van der Waals surface area (Å²) >= 11 is 0. The van der Waals surface area contributed by atoms with Crippen molar-refractivity contribution in [2.24, 2.45) is 5.92 Å². The lowest BCUT2D eigenvalue weighted by Gasteiger charge is -2.46. The molecule has 3 aromatic rings. The number of amides is 1. The molecule has 0 aromatic carbocycles. The first kappa shape index (κ1) is 25.1. The van der Waals surface area contributed by atoms with E-state index >= 15 is 0 Å². The largest absolute Gasteiger partial charge is 0.483 e. The minimum atomic E-state index is -0.580. The molecule has 0 aliphatic carbocycles. The van der Waals surface area contributed by atoms with E-state index in [1.165, 1.54) is 0 Å². The van der Waals surface area contributed by atoms with Gasteiger partial charge in [-0.15, -0.1) is 0 Å². The maximum atomic E-state index is 13.5. The lowest BCUT2D eigenvalue weighted by atomic mass is 9.78. The number of fused-ring (bicyclic) bond motifs is 4. The Morgan fingerprint density at radius 1 is 1.22 bits per heavy atom. The molecule has 3 aromatic heterocycles. The average Bonchev–Trinajstić information content (AvgIpc) is 3.31. The number of aryl methyl sites for hydroxylation is 3. The van der Waals surface area contributed by atoms with Crippen LogP contribution < -0.4 is 15.8 Å². The molecule has 2 aliphatic heterocycles. The number of imidazole rings is 1. The van der Waals surface area contributed by atoms with Crippen LogP contribution >= 0.6 is 0 Å². The Hall–Kier alpha value is -4.02. The van der Waals surface area contributed by atoms with Crippen molar-refractivity contribution >= 4 is 18.3 Å². The van der Waals surface area contributed by atoms with Crippen LogP contribution in [0.1, 0.15) is 48.2 Å². The number of aromatic nitrogens is 5. The molecule has 0 unspecified atom stereocenters. The number of anilines is 1. The van der Waals surface area contributed by atoms with Gasteiger partial charge in [-0.05, 0) is 39.3 Å². The van der Waals surface area contributed by atoms with Gasteiger partial charge in [0.1, 0.15) is 11.9 Å². The SMILES string of the molecule is CCn1ccnc1CNC(=O)[C@H]1[C@H]2C[C@H](CN(c3nc(C)cc(C)n3)C2)c2cccc(=O)n21.O=CO. The Balaban J connectivity index is 0.000000967. The maximum Gasteiger partial charge on any atom is 0.290 e. The van der Waals surface area contributed by atoms with Crippen molar-refractivity contribution in [3.8, 4) is 0 Å². The highest BCUT2D eigenvalue weighted by Gasteiger charge is 2.44. The molecular weight excluding hydrogens is 462 g/mol. The van der Waals surface area contributed by atoms with Crippen molar-refractivity contribution in [1.82, 2.24) is 29.4 Å². The van der Waals surface area contributed by atoms with E-state index in [4.69, 9.17) is 9.90 Å². The number of hydrogen-bond acceptors (Lipinski definition) is 7. The number of nitrogens with zero attached hydrogens (tertiary/aromatic N) is 6. The molecule has 1 fully saturated rings. The minimum absolute atomic E-state index is 0.0216.